The monoisotopic (exact) mass is 304 g/mol. The molecule has 0 aliphatic heterocycles. The van der Waals surface area contributed by atoms with Gasteiger partial charge in [-0.05, 0) is 36.6 Å². The fourth-order valence-electron chi connectivity index (χ4n) is 2.12. The fourth-order valence-corrected chi connectivity index (χ4v) is 3.07. The minimum Gasteiger partial charge on any atom is -0.396 e. The smallest absolute Gasteiger partial charge is 0.101 e. The Bertz CT molecular complexity index is 572. The number of aromatic nitrogens is 1. The second-order valence-electron chi connectivity index (χ2n) is 5.60. The molecule has 0 unspecified atom stereocenters. The number of aliphatic hydroxyl groups is 1. The van der Waals surface area contributed by atoms with Gasteiger partial charge in [-0.15, -0.1) is 11.8 Å². The summed E-state index contributed by atoms with van der Waals surface area (Å²) < 4.78 is 0. The first-order valence-corrected chi connectivity index (χ1v) is 8.52. The highest BCUT2D eigenvalue weighted by atomic mass is 32.2. The molecule has 0 aliphatic carbocycles. The van der Waals surface area contributed by atoms with E-state index in [1.807, 2.05) is 12.1 Å². The number of nitrogens with zero attached hydrogens (tertiary/aromatic N) is 1. The normalized spacial score (nSPS) is 11.4. The van der Waals surface area contributed by atoms with E-state index in [4.69, 9.17) is 10.1 Å². The summed E-state index contributed by atoms with van der Waals surface area (Å²) in [6.45, 7) is 6.51. The number of nitrogens with one attached hydrogen (secondary N) is 1. The number of hydrogen-bond donors (Lipinski definition) is 2. The zero-order chi connectivity index (χ0) is 15.1. The molecule has 0 radical (unpaired) electrons. The third-order valence-corrected chi connectivity index (χ3v) is 4.29. The Morgan fingerprint density at radius 2 is 2.10 bits per heavy atom. The second-order valence-corrected chi connectivity index (χ2v) is 6.68. The minimum atomic E-state index is 0.238. The molecule has 21 heavy (non-hydrogen) atoms. The highest BCUT2D eigenvalue weighted by molar-refractivity contribution is 7.99. The van der Waals surface area contributed by atoms with E-state index in [-0.39, 0.29) is 6.61 Å². The number of benzene rings is 1. The van der Waals surface area contributed by atoms with Crippen LogP contribution in [0.1, 0.15) is 25.8 Å². The molecule has 0 saturated heterocycles. The van der Waals surface area contributed by atoms with E-state index in [9.17, 15) is 0 Å². The first-order valence-electron chi connectivity index (χ1n) is 7.53. The standard InChI is InChI=1S/C17H24N2OS/c1-13(2)11-18-12-15-10-14-6-3-4-7-16(14)19-17(15)21-9-5-8-20/h3-4,6-7,10,13,18,20H,5,8-9,11-12H2,1-2H3. The van der Waals surface area contributed by atoms with Gasteiger partial charge in [0.1, 0.15) is 5.03 Å². The first-order chi connectivity index (χ1) is 10.2. The first kappa shape index (κ1) is 16.3. The second kappa shape index (κ2) is 8.37. The van der Waals surface area contributed by atoms with Crippen LogP contribution in [0.2, 0.25) is 0 Å². The Kier molecular flexibility index (Phi) is 6.49. The summed E-state index contributed by atoms with van der Waals surface area (Å²) in [6, 6.07) is 10.5. The van der Waals surface area contributed by atoms with Crippen molar-refractivity contribution >= 4 is 22.7 Å². The molecule has 1 heterocycles. The highest BCUT2D eigenvalue weighted by Gasteiger charge is 2.08. The van der Waals surface area contributed by atoms with Gasteiger partial charge in [-0.25, -0.2) is 4.98 Å². The largest absolute Gasteiger partial charge is 0.396 e. The molecule has 2 rings (SSSR count). The molecule has 0 amide bonds. The number of rotatable bonds is 8. The van der Waals surface area contributed by atoms with Crippen LogP contribution in [-0.2, 0) is 6.54 Å². The summed E-state index contributed by atoms with van der Waals surface area (Å²) in [6.07, 6.45) is 0.804. The Morgan fingerprint density at radius 1 is 1.29 bits per heavy atom. The van der Waals surface area contributed by atoms with Crippen LogP contribution in [0.4, 0.5) is 0 Å². The summed E-state index contributed by atoms with van der Waals surface area (Å²) >= 11 is 1.73. The van der Waals surface area contributed by atoms with E-state index in [0.29, 0.717) is 5.92 Å². The van der Waals surface area contributed by atoms with E-state index >= 15 is 0 Å². The minimum absolute atomic E-state index is 0.238. The molecule has 0 bridgehead atoms. The SMILES string of the molecule is CC(C)CNCc1cc2ccccc2nc1SCCCO. The number of hydrogen-bond acceptors (Lipinski definition) is 4. The molecule has 0 saturated carbocycles. The molecule has 0 atom stereocenters. The van der Waals surface area contributed by atoms with Crippen molar-refractivity contribution in [3.63, 3.8) is 0 Å². The van der Waals surface area contributed by atoms with Gasteiger partial charge in [0.2, 0.25) is 0 Å². The average Bonchev–Trinajstić information content (AvgIpc) is 2.47. The molecule has 2 aromatic rings. The number of aliphatic hydroxyl groups excluding tert-OH is 1. The molecule has 2 N–H and O–H groups in total. The van der Waals surface area contributed by atoms with Gasteiger partial charge in [0, 0.05) is 24.3 Å². The van der Waals surface area contributed by atoms with Crippen LogP contribution >= 0.6 is 11.8 Å². The van der Waals surface area contributed by atoms with Gasteiger partial charge in [0.05, 0.1) is 5.52 Å². The molecule has 3 nitrogen and oxygen atoms in total. The van der Waals surface area contributed by atoms with Crippen molar-refractivity contribution in [3.05, 3.63) is 35.9 Å². The highest BCUT2D eigenvalue weighted by Crippen LogP contribution is 2.25. The maximum atomic E-state index is 8.94. The van der Waals surface area contributed by atoms with Gasteiger partial charge >= 0.3 is 0 Å². The lowest BCUT2D eigenvalue weighted by Crippen LogP contribution is -2.19. The van der Waals surface area contributed by atoms with Crippen molar-refractivity contribution in [2.24, 2.45) is 5.92 Å². The summed E-state index contributed by atoms with van der Waals surface area (Å²) in [5.74, 6) is 1.54. The number of pyridine rings is 1. The third kappa shape index (κ3) is 4.99. The number of fused-ring (bicyclic) bond motifs is 1. The third-order valence-electron chi connectivity index (χ3n) is 3.17. The predicted molar refractivity (Wildman–Crippen MR) is 90.7 cm³/mol. The molecule has 0 fully saturated rings. The van der Waals surface area contributed by atoms with Gasteiger partial charge in [0.25, 0.3) is 0 Å². The lowest BCUT2D eigenvalue weighted by Gasteiger charge is -2.12. The molecule has 1 aromatic carbocycles. The van der Waals surface area contributed by atoms with Crippen LogP contribution in [0, 0.1) is 5.92 Å². The zero-order valence-corrected chi connectivity index (χ0v) is 13.6. The lowest BCUT2D eigenvalue weighted by atomic mass is 10.1. The van der Waals surface area contributed by atoms with Crippen molar-refractivity contribution in [2.45, 2.75) is 31.8 Å². The summed E-state index contributed by atoms with van der Waals surface area (Å²) in [7, 11) is 0. The predicted octanol–water partition coefficient (Wildman–Crippen LogP) is 3.45. The lowest BCUT2D eigenvalue weighted by molar-refractivity contribution is 0.296. The van der Waals surface area contributed by atoms with E-state index < -0.39 is 0 Å². The van der Waals surface area contributed by atoms with Crippen molar-refractivity contribution in [3.8, 4) is 0 Å². The number of thioether (sulfide) groups is 1. The summed E-state index contributed by atoms with van der Waals surface area (Å²) in [5, 5.41) is 14.7. The number of para-hydroxylation sites is 1. The van der Waals surface area contributed by atoms with Crippen molar-refractivity contribution < 1.29 is 5.11 Å². The Labute approximate surface area is 131 Å². The van der Waals surface area contributed by atoms with Crippen LogP contribution in [0.5, 0.6) is 0 Å². The van der Waals surface area contributed by atoms with Crippen LogP contribution in [-0.4, -0.2) is 29.0 Å². The summed E-state index contributed by atoms with van der Waals surface area (Å²) in [5.41, 5.74) is 2.29. The van der Waals surface area contributed by atoms with Crippen molar-refractivity contribution in [1.82, 2.24) is 10.3 Å². The maximum absolute atomic E-state index is 8.94. The molecule has 114 valence electrons. The van der Waals surface area contributed by atoms with Crippen LogP contribution in [0.25, 0.3) is 10.9 Å². The quantitative estimate of drug-likeness (QED) is 0.579. The van der Waals surface area contributed by atoms with Crippen LogP contribution in [0.3, 0.4) is 0 Å². The zero-order valence-electron chi connectivity index (χ0n) is 12.8. The van der Waals surface area contributed by atoms with Gasteiger partial charge in [-0.2, -0.15) is 0 Å². The van der Waals surface area contributed by atoms with Gasteiger partial charge in [-0.1, -0.05) is 32.0 Å². The molecule has 0 spiro atoms. The molecule has 4 heteroatoms. The van der Waals surface area contributed by atoms with Crippen LogP contribution < -0.4 is 5.32 Å². The topological polar surface area (TPSA) is 45.2 Å². The van der Waals surface area contributed by atoms with E-state index in [1.54, 1.807) is 11.8 Å². The molecule has 1 aromatic heterocycles. The molecule has 0 aliphatic rings. The molecular formula is C17H24N2OS. The van der Waals surface area contributed by atoms with Gasteiger partial charge in [-0.3, -0.25) is 0 Å². The van der Waals surface area contributed by atoms with E-state index in [2.05, 4.69) is 37.4 Å². The Balaban J connectivity index is 2.18. The summed E-state index contributed by atoms with van der Waals surface area (Å²) in [4.78, 5) is 4.79. The van der Waals surface area contributed by atoms with E-state index in [1.165, 1.54) is 10.9 Å². The van der Waals surface area contributed by atoms with Crippen molar-refractivity contribution in [1.29, 1.82) is 0 Å². The van der Waals surface area contributed by atoms with Crippen LogP contribution in [0.15, 0.2) is 35.4 Å². The maximum Gasteiger partial charge on any atom is 0.101 e. The average molecular weight is 304 g/mol. The van der Waals surface area contributed by atoms with Gasteiger partial charge in [0.15, 0.2) is 0 Å². The van der Waals surface area contributed by atoms with Gasteiger partial charge < -0.3 is 10.4 Å². The molecular weight excluding hydrogens is 280 g/mol. The van der Waals surface area contributed by atoms with E-state index in [0.717, 1.165) is 35.8 Å². The van der Waals surface area contributed by atoms with Crippen molar-refractivity contribution in [2.75, 3.05) is 18.9 Å². The fraction of sp³-hybridized carbons (Fsp3) is 0.471. The Morgan fingerprint density at radius 3 is 2.86 bits per heavy atom. The Hall–Kier alpha value is -1.10.